The predicted molar refractivity (Wildman–Crippen MR) is 117 cm³/mol. The van der Waals surface area contributed by atoms with Crippen LogP contribution in [0, 0.1) is 13.8 Å². The van der Waals surface area contributed by atoms with Crippen molar-refractivity contribution in [2.24, 2.45) is 0 Å². The van der Waals surface area contributed by atoms with Gasteiger partial charge in [-0.2, -0.15) is 4.31 Å². The predicted octanol–water partition coefficient (Wildman–Crippen LogP) is 3.43. The van der Waals surface area contributed by atoms with Crippen LogP contribution in [0.4, 0.5) is 0 Å². The van der Waals surface area contributed by atoms with Crippen LogP contribution in [0.2, 0.25) is 0 Å². The lowest BCUT2D eigenvalue weighted by Crippen LogP contribution is -2.46. The van der Waals surface area contributed by atoms with Gasteiger partial charge in [-0.1, -0.05) is 36.4 Å². The molecule has 0 unspecified atom stereocenters. The maximum Gasteiger partial charge on any atom is 0.243 e. The number of ether oxygens (including phenoxy) is 1. The van der Waals surface area contributed by atoms with Crippen LogP contribution in [0.25, 0.3) is 0 Å². The van der Waals surface area contributed by atoms with Gasteiger partial charge < -0.3 is 10.1 Å². The molecule has 1 N–H and O–H groups in total. The van der Waals surface area contributed by atoms with Gasteiger partial charge in [0.25, 0.3) is 0 Å². The molecule has 0 aliphatic carbocycles. The Kier molecular flexibility index (Phi) is 7.50. The number of para-hydroxylation sites is 1. The summed E-state index contributed by atoms with van der Waals surface area (Å²) in [6.07, 6.45) is 2.28. The quantitative estimate of drug-likeness (QED) is 0.651. The summed E-state index contributed by atoms with van der Waals surface area (Å²) in [4.78, 5) is 12.6. The number of carbonyl (C=O) groups is 1. The number of rotatable bonds is 8. The SMILES string of the molecule is Cc1cccc(C)c1OCCCC(=O)NC1CCN(S(=O)(=O)c2ccccc2)CC1. The molecular weight excluding hydrogens is 400 g/mol. The monoisotopic (exact) mass is 430 g/mol. The number of sulfonamides is 1. The molecular formula is C23H30N2O4S. The van der Waals surface area contributed by atoms with E-state index in [1.54, 1.807) is 30.3 Å². The molecule has 7 heteroatoms. The molecule has 0 radical (unpaired) electrons. The van der Waals surface area contributed by atoms with Crippen LogP contribution in [-0.4, -0.2) is 44.4 Å². The first-order chi connectivity index (χ1) is 14.4. The van der Waals surface area contributed by atoms with Crippen molar-refractivity contribution >= 4 is 15.9 Å². The van der Waals surface area contributed by atoms with Crippen molar-refractivity contribution in [2.75, 3.05) is 19.7 Å². The number of piperidine rings is 1. The van der Waals surface area contributed by atoms with Crippen LogP contribution >= 0.6 is 0 Å². The van der Waals surface area contributed by atoms with Crippen LogP contribution in [0.1, 0.15) is 36.8 Å². The highest BCUT2D eigenvalue weighted by molar-refractivity contribution is 7.89. The van der Waals surface area contributed by atoms with E-state index in [2.05, 4.69) is 5.32 Å². The third kappa shape index (κ3) is 5.61. The van der Waals surface area contributed by atoms with Gasteiger partial charge >= 0.3 is 0 Å². The maximum absolute atomic E-state index is 12.7. The highest BCUT2D eigenvalue weighted by Crippen LogP contribution is 2.23. The summed E-state index contributed by atoms with van der Waals surface area (Å²) in [5, 5.41) is 3.04. The second-order valence-corrected chi connectivity index (χ2v) is 9.67. The fraction of sp³-hybridized carbons (Fsp3) is 0.435. The van der Waals surface area contributed by atoms with E-state index in [1.807, 2.05) is 32.0 Å². The fourth-order valence-corrected chi connectivity index (χ4v) is 5.21. The zero-order valence-electron chi connectivity index (χ0n) is 17.6. The minimum Gasteiger partial charge on any atom is -0.493 e. The van der Waals surface area contributed by atoms with E-state index in [-0.39, 0.29) is 11.9 Å². The molecule has 6 nitrogen and oxygen atoms in total. The van der Waals surface area contributed by atoms with E-state index in [0.717, 1.165) is 16.9 Å². The molecule has 0 aromatic heterocycles. The van der Waals surface area contributed by atoms with Gasteiger partial charge in [0, 0.05) is 25.6 Å². The molecule has 1 saturated heterocycles. The molecule has 162 valence electrons. The zero-order chi connectivity index (χ0) is 21.6. The Balaban J connectivity index is 1.39. The molecule has 2 aromatic carbocycles. The first-order valence-electron chi connectivity index (χ1n) is 10.4. The number of hydrogen-bond donors (Lipinski definition) is 1. The van der Waals surface area contributed by atoms with Crippen molar-refractivity contribution in [3.63, 3.8) is 0 Å². The Labute approximate surface area is 179 Å². The number of aryl methyl sites for hydroxylation is 2. The van der Waals surface area contributed by atoms with Crippen LogP contribution in [0.15, 0.2) is 53.4 Å². The number of nitrogens with one attached hydrogen (secondary N) is 1. The Hall–Kier alpha value is -2.38. The van der Waals surface area contributed by atoms with Gasteiger partial charge in [-0.15, -0.1) is 0 Å². The molecule has 0 saturated carbocycles. The number of carbonyl (C=O) groups excluding carboxylic acids is 1. The lowest BCUT2D eigenvalue weighted by atomic mass is 10.1. The zero-order valence-corrected chi connectivity index (χ0v) is 18.5. The van der Waals surface area contributed by atoms with Crippen molar-refractivity contribution in [3.8, 4) is 5.75 Å². The largest absolute Gasteiger partial charge is 0.493 e. The topological polar surface area (TPSA) is 75.7 Å². The first-order valence-corrected chi connectivity index (χ1v) is 11.9. The summed E-state index contributed by atoms with van der Waals surface area (Å²) >= 11 is 0. The number of benzene rings is 2. The first kappa shape index (κ1) is 22.3. The molecule has 0 bridgehead atoms. The summed E-state index contributed by atoms with van der Waals surface area (Å²) in [6, 6.07) is 14.5. The van der Waals surface area contributed by atoms with E-state index in [0.29, 0.717) is 50.3 Å². The molecule has 1 heterocycles. The van der Waals surface area contributed by atoms with Gasteiger partial charge in [-0.05, 0) is 56.4 Å². The Bertz CT molecular complexity index is 932. The summed E-state index contributed by atoms with van der Waals surface area (Å²) < 4.78 is 32.7. The second kappa shape index (κ2) is 10.1. The Morgan fingerprint density at radius 1 is 1.03 bits per heavy atom. The van der Waals surface area contributed by atoms with Crippen LogP contribution in [0.3, 0.4) is 0 Å². The number of nitrogens with zero attached hydrogens (tertiary/aromatic N) is 1. The third-order valence-corrected chi connectivity index (χ3v) is 7.32. The smallest absolute Gasteiger partial charge is 0.243 e. The van der Waals surface area contributed by atoms with Crippen molar-refractivity contribution in [3.05, 3.63) is 59.7 Å². The standard InChI is InChI=1S/C23H30N2O4S/c1-18-8-6-9-19(2)23(18)29-17-7-12-22(26)24-20-13-15-25(16-14-20)30(27,28)21-10-4-3-5-11-21/h3-6,8-11,20H,7,12-17H2,1-2H3,(H,24,26). The molecule has 1 aliphatic rings. The van der Waals surface area contributed by atoms with Crippen molar-refractivity contribution in [2.45, 2.75) is 50.5 Å². The van der Waals surface area contributed by atoms with E-state index in [9.17, 15) is 13.2 Å². The normalized spacial score (nSPS) is 15.7. The molecule has 1 fully saturated rings. The van der Waals surface area contributed by atoms with Gasteiger partial charge in [0.05, 0.1) is 11.5 Å². The van der Waals surface area contributed by atoms with E-state index in [4.69, 9.17) is 4.74 Å². The minimum atomic E-state index is -3.46. The van der Waals surface area contributed by atoms with Crippen molar-refractivity contribution < 1.29 is 17.9 Å². The van der Waals surface area contributed by atoms with E-state index >= 15 is 0 Å². The minimum absolute atomic E-state index is 0.00975. The molecule has 2 aromatic rings. The van der Waals surface area contributed by atoms with Crippen molar-refractivity contribution in [1.82, 2.24) is 9.62 Å². The Morgan fingerprint density at radius 3 is 2.30 bits per heavy atom. The van der Waals surface area contributed by atoms with Gasteiger partial charge in [0.1, 0.15) is 5.75 Å². The lowest BCUT2D eigenvalue weighted by molar-refractivity contribution is -0.122. The van der Waals surface area contributed by atoms with E-state index < -0.39 is 10.0 Å². The van der Waals surface area contributed by atoms with Gasteiger partial charge in [-0.25, -0.2) is 8.42 Å². The summed E-state index contributed by atoms with van der Waals surface area (Å²) in [5.41, 5.74) is 2.19. The van der Waals surface area contributed by atoms with Crippen LogP contribution in [0.5, 0.6) is 5.75 Å². The molecule has 0 spiro atoms. The highest BCUT2D eigenvalue weighted by Gasteiger charge is 2.29. The molecule has 30 heavy (non-hydrogen) atoms. The average molecular weight is 431 g/mol. The van der Waals surface area contributed by atoms with Gasteiger partial charge in [0.2, 0.25) is 15.9 Å². The number of amides is 1. The van der Waals surface area contributed by atoms with E-state index in [1.165, 1.54) is 4.31 Å². The molecule has 0 atom stereocenters. The summed E-state index contributed by atoms with van der Waals surface area (Å²) in [7, 11) is -3.46. The van der Waals surface area contributed by atoms with Gasteiger partial charge in [0.15, 0.2) is 0 Å². The number of hydrogen-bond acceptors (Lipinski definition) is 4. The molecule has 1 aliphatic heterocycles. The van der Waals surface area contributed by atoms with Crippen LogP contribution < -0.4 is 10.1 Å². The molecule has 3 rings (SSSR count). The third-order valence-electron chi connectivity index (χ3n) is 5.40. The van der Waals surface area contributed by atoms with Crippen LogP contribution in [-0.2, 0) is 14.8 Å². The molecule has 1 amide bonds. The summed E-state index contributed by atoms with van der Waals surface area (Å²) in [5.74, 6) is 0.884. The van der Waals surface area contributed by atoms with Gasteiger partial charge in [-0.3, -0.25) is 4.79 Å². The average Bonchev–Trinajstić information content (AvgIpc) is 2.74. The maximum atomic E-state index is 12.7. The fourth-order valence-electron chi connectivity index (χ4n) is 3.72. The lowest BCUT2D eigenvalue weighted by Gasteiger charge is -2.31. The van der Waals surface area contributed by atoms with Crippen molar-refractivity contribution in [1.29, 1.82) is 0 Å². The Morgan fingerprint density at radius 2 is 1.67 bits per heavy atom. The second-order valence-electron chi connectivity index (χ2n) is 7.73. The summed E-state index contributed by atoms with van der Waals surface area (Å²) in [6.45, 7) is 5.35. The highest BCUT2D eigenvalue weighted by atomic mass is 32.2.